The van der Waals surface area contributed by atoms with Crippen molar-refractivity contribution in [3.8, 4) is 0 Å². The summed E-state index contributed by atoms with van der Waals surface area (Å²) in [5.74, 6) is 0. The van der Waals surface area contributed by atoms with Gasteiger partial charge in [0.1, 0.15) is 0 Å². The second-order valence-corrected chi connectivity index (χ2v) is 10.6. The van der Waals surface area contributed by atoms with E-state index in [0.29, 0.717) is 16.6 Å². The molecule has 0 amide bonds. The van der Waals surface area contributed by atoms with Gasteiger partial charge in [0.25, 0.3) is 0 Å². The molecule has 0 bridgehead atoms. The first-order valence-corrected chi connectivity index (χ1v) is 9.79. The Balaban J connectivity index is 4.90. The molecule has 2 heteroatoms. The van der Waals surface area contributed by atoms with E-state index in [2.05, 4.69) is 41.5 Å². The van der Waals surface area contributed by atoms with Crippen molar-refractivity contribution in [3.63, 3.8) is 0 Å². The van der Waals surface area contributed by atoms with Crippen LogP contribution in [0.1, 0.15) is 80.1 Å². The summed E-state index contributed by atoms with van der Waals surface area (Å²) in [7, 11) is -2.37. The third-order valence-corrected chi connectivity index (χ3v) is 9.96. The highest BCUT2D eigenvalue weighted by molar-refractivity contribution is 6.76. The highest BCUT2D eigenvalue weighted by atomic mass is 28.4. The predicted molar refractivity (Wildman–Crippen MR) is 79.4 cm³/mol. The molecule has 3 atom stereocenters. The Morgan fingerprint density at radius 2 is 0.941 bits per heavy atom. The molecule has 0 saturated carbocycles. The number of hydrogen-bond acceptors (Lipinski definition) is 0. The Bertz CT molecular complexity index is 162. The molecular weight excluding hydrogens is 224 g/mol. The Labute approximate surface area is 110 Å². The minimum Gasteiger partial charge on any atom is -0.296 e. The van der Waals surface area contributed by atoms with E-state index in [4.69, 9.17) is 0 Å². The maximum absolute atomic E-state index is 13.5. The van der Waals surface area contributed by atoms with E-state index in [1.807, 2.05) is 0 Å². The minimum absolute atomic E-state index is 0.440. The fourth-order valence-corrected chi connectivity index (χ4v) is 8.57. The molecule has 0 heterocycles. The molecular formula is C15H33OSi. The molecule has 0 aliphatic heterocycles. The van der Waals surface area contributed by atoms with Gasteiger partial charge in [-0.15, -0.1) is 0 Å². The van der Waals surface area contributed by atoms with Crippen molar-refractivity contribution in [2.24, 2.45) is 0 Å². The summed E-state index contributed by atoms with van der Waals surface area (Å²) in [6, 6.07) is 0. The zero-order valence-corrected chi connectivity index (χ0v) is 13.9. The van der Waals surface area contributed by atoms with Crippen molar-refractivity contribution in [1.82, 2.24) is 0 Å². The average Bonchev–Trinajstić information content (AvgIpc) is 2.28. The quantitative estimate of drug-likeness (QED) is 0.456. The first-order chi connectivity index (χ1) is 7.94. The van der Waals surface area contributed by atoms with Gasteiger partial charge in [0, 0.05) is 0 Å². The Morgan fingerprint density at radius 3 is 1.12 bits per heavy atom. The topological polar surface area (TPSA) is 19.9 Å². The molecule has 0 aliphatic rings. The number of rotatable bonds is 9. The Morgan fingerprint density at radius 1 is 0.706 bits per heavy atom. The van der Waals surface area contributed by atoms with Gasteiger partial charge in [-0.3, -0.25) is 4.80 Å². The molecule has 0 rings (SSSR count). The Kier molecular flexibility index (Phi) is 8.40. The third kappa shape index (κ3) is 4.40. The van der Waals surface area contributed by atoms with Crippen LogP contribution in [-0.4, -0.2) is 8.32 Å². The normalized spacial score (nSPS) is 20.6. The van der Waals surface area contributed by atoms with E-state index in [0.717, 1.165) is 38.5 Å². The van der Waals surface area contributed by atoms with Crippen LogP contribution < -0.4 is 0 Å². The molecule has 103 valence electrons. The smallest absolute Gasteiger partial charge is 0.245 e. The van der Waals surface area contributed by atoms with Gasteiger partial charge in [0.2, 0.25) is 8.32 Å². The molecule has 0 aromatic heterocycles. The lowest BCUT2D eigenvalue weighted by Gasteiger charge is -2.39. The number of hydrogen-bond donors (Lipinski definition) is 0. The summed E-state index contributed by atoms with van der Waals surface area (Å²) < 4.78 is 0. The van der Waals surface area contributed by atoms with Crippen LogP contribution in [-0.2, 0) is 4.80 Å². The zero-order valence-electron chi connectivity index (χ0n) is 12.9. The minimum atomic E-state index is -2.37. The molecule has 0 N–H and O–H groups in total. The fraction of sp³-hybridized carbons (Fsp3) is 1.00. The molecule has 0 aromatic carbocycles. The van der Waals surface area contributed by atoms with E-state index in [1.165, 1.54) is 0 Å². The summed E-state index contributed by atoms with van der Waals surface area (Å²) in [5, 5.41) is 0. The summed E-state index contributed by atoms with van der Waals surface area (Å²) in [5.41, 5.74) is 1.32. The summed E-state index contributed by atoms with van der Waals surface area (Å²) in [6.07, 6.45) is 6.90. The molecule has 0 aromatic rings. The Hall–Kier alpha value is 0.177. The summed E-state index contributed by atoms with van der Waals surface area (Å²) in [4.78, 5) is 13.5. The third-order valence-electron chi connectivity index (χ3n) is 4.48. The van der Waals surface area contributed by atoms with Gasteiger partial charge < -0.3 is 0 Å². The van der Waals surface area contributed by atoms with Gasteiger partial charge in [-0.2, -0.15) is 0 Å². The molecule has 0 saturated heterocycles. The van der Waals surface area contributed by atoms with Crippen molar-refractivity contribution >= 4 is 8.32 Å². The lowest BCUT2D eigenvalue weighted by atomic mass is 10.2. The maximum Gasteiger partial charge on any atom is 0.245 e. The second kappa shape index (κ2) is 8.31. The van der Waals surface area contributed by atoms with Crippen LogP contribution >= 0.6 is 0 Å². The monoisotopic (exact) mass is 257 g/mol. The van der Waals surface area contributed by atoms with Crippen LogP contribution in [0.25, 0.3) is 0 Å². The standard InChI is InChI=1S/C15H33OSi/c1-7-10-13(4)17(16,14(5)11-8-2)15(6)12-9-3/h13-15H,7-12H2,1-6H3. The van der Waals surface area contributed by atoms with E-state index < -0.39 is 8.32 Å². The van der Waals surface area contributed by atoms with Crippen molar-refractivity contribution in [1.29, 1.82) is 0 Å². The molecule has 1 radical (unpaired) electrons. The molecule has 0 aliphatic carbocycles. The van der Waals surface area contributed by atoms with Gasteiger partial charge in [0.05, 0.1) is 0 Å². The van der Waals surface area contributed by atoms with Gasteiger partial charge >= 0.3 is 0 Å². The van der Waals surface area contributed by atoms with Crippen molar-refractivity contribution in [3.05, 3.63) is 0 Å². The van der Waals surface area contributed by atoms with Gasteiger partial charge in [-0.25, -0.2) is 0 Å². The molecule has 1 nitrogen and oxygen atoms in total. The van der Waals surface area contributed by atoms with Crippen LogP contribution in [0.3, 0.4) is 0 Å². The van der Waals surface area contributed by atoms with E-state index >= 15 is 0 Å². The van der Waals surface area contributed by atoms with E-state index in [1.54, 1.807) is 0 Å². The first kappa shape index (κ1) is 17.2. The van der Waals surface area contributed by atoms with Gasteiger partial charge in [0.15, 0.2) is 0 Å². The van der Waals surface area contributed by atoms with Gasteiger partial charge in [-0.1, -0.05) is 80.1 Å². The molecule has 0 fully saturated rings. The lowest BCUT2D eigenvalue weighted by molar-refractivity contribution is 0.351. The zero-order chi connectivity index (χ0) is 13.5. The van der Waals surface area contributed by atoms with Crippen LogP contribution in [0.5, 0.6) is 0 Å². The summed E-state index contributed by atoms with van der Waals surface area (Å²) in [6.45, 7) is 13.3. The highest BCUT2D eigenvalue weighted by Gasteiger charge is 2.48. The highest BCUT2D eigenvalue weighted by Crippen LogP contribution is 2.46. The lowest BCUT2D eigenvalue weighted by Crippen LogP contribution is -2.45. The first-order valence-electron chi connectivity index (χ1n) is 7.65. The SMILES string of the molecule is CCCC(C)[Si]([O])(C(C)CCC)C(C)CCC. The van der Waals surface area contributed by atoms with Crippen molar-refractivity contribution in [2.75, 3.05) is 0 Å². The van der Waals surface area contributed by atoms with Gasteiger partial charge in [-0.05, 0) is 16.6 Å². The van der Waals surface area contributed by atoms with Crippen LogP contribution in [0.2, 0.25) is 16.6 Å². The maximum atomic E-state index is 13.5. The van der Waals surface area contributed by atoms with E-state index in [-0.39, 0.29) is 0 Å². The summed E-state index contributed by atoms with van der Waals surface area (Å²) >= 11 is 0. The van der Waals surface area contributed by atoms with Crippen molar-refractivity contribution in [2.45, 2.75) is 96.7 Å². The second-order valence-electron chi connectivity index (χ2n) is 5.92. The molecule has 3 unspecified atom stereocenters. The fourth-order valence-electron chi connectivity index (χ4n) is 3.43. The van der Waals surface area contributed by atoms with Crippen LogP contribution in [0, 0.1) is 0 Å². The van der Waals surface area contributed by atoms with Crippen LogP contribution in [0.4, 0.5) is 0 Å². The molecule has 17 heavy (non-hydrogen) atoms. The largest absolute Gasteiger partial charge is 0.296 e. The predicted octanol–water partition coefficient (Wildman–Crippen LogP) is 5.93. The average molecular weight is 258 g/mol. The molecule has 0 spiro atoms. The van der Waals surface area contributed by atoms with Crippen LogP contribution in [0.15, 0.2) is 0 Å². The van der Waals surface area contributed by atoms with Crippen molar-refractivity contribution < 1.29 is 4.80 Å². The van der Waals surface area contributed by atoms with E-state index in [9.17, 15) is 4.80 Å².